The standard InChI is InChI=1S/C28H28FNO4/c29-28-24(19-27(31)32)10-5-11-26(28)33-16-17-34-30-25(18-20-6-4-7-20)23-14-12-22(13-15-23)21-8-2-1-3-9-21/h1-3,5,8-15,18,20,30H,4,6-7,16-17,19H2,(H,31,32). The van der Waals surface area contributed by atoms with Crippen LogP contribution >= 0.6 is 0 Å². The maximum atomic E-state index is 14.4. The van der Waals surface area contributed by atoms with Gasteiger partial charge in [-0.25, -0.2) is 4.39 Å². The van der Waals surface area contributed by atoms with Crippen LogP contribution in [-0.4, -0.2) is 24.3 Å². The monoisotopic (exact) mass is 461 g/mol. The van der Waals surface area contributed by atoms with E-state index in [4.69, 9.17) is 14.7 Å². The Morgan fingerprint density at radius 2 is 1.71 bits per heavy atom. The lowest BCUT2D eigenvalue weighted by Gasteiger charge is -2.23. The molecule has 1 aliphatic carbocycles. The molecule has 0 bridgehead atoms. The largest absolute Gasteiger partial charge is 0.488 e. The van der Waals surface area contributed by atoms with Gasteiger partial charge in [-0.15, -0.1) is 0 Å². The molecule has 176 valence electrons. The number of benzene rings is 3. The average Bonchev–Trinajstić information content (AvgIpc) is 2.82. The third kappa shape index (κ3) is 6.23. The maximum absolute atomic E-state index is 14.4. The van der Waals surface area contributed by atoms with Crippen LogP contribution in [0.2, 0.25) is 0 Å². The molecule has 4 rings (SSSR count). The van der Waals surface area contributed by atoms with Crippen molar-refractivity contribution in [3.8, 4) is 16.9 Å². The number of ether oxygens (including phenoxy) is 1. The second-order valence-electron chi connectivity index (χ2n) is 8.31. The van der Waals surface area contributed by atoms with E-state index in [2.05, 4.69) is 48.0 Å². The first-order chi connectivity index (χ1) is 16.6. The van der Waals surface area contributed by atoms with Crippen molar-refractivity contribution >= 4 is 11.7 Å². The van der Waals surface area contributed by atoms with E-state index in [1.54, 1.807) is 6.07 Å². The van der Waals surface area contributed by atoms with Gasteiger partial charge in [-0.05, 0) is 41.5 Å². The van der Waals surface area contributed by atoms with E-state index < -0.39 is 11.8 Å². The summed E-state index contributed by atoms with van der Waals surface area (Å²) in [5, 5.41) is 8.89. The summed E-state index contributed by atoms with van der Waals surface area (Å²) in [6.45, 7) is 0.302. The molecule has 0 heterocycles. The van der Waals surface area contributed by atoms with Crippen LogP contribution in [0.15, 0.2) is 78.9 Å². The number of hydrogen-bond donors (Lipinski definition) is 2. The van der Waals surface area contributed by atoms with Crippen molar-refractivity contribution in [2.75, 3.05) is 13.2 Å². The molecule has 1 saturated carbocycles. The van der Waals surface area contributed by atoms with Gasteiger partial charge < -0.3 is 9.84 Å². The molecule has 0 radical (unpaired) electrons. The molecule has 0 atom stereocenters. The third-order valence-corrected chi connectivity index (χ3v) is 5.87. The first kappa shape index (κ1) is 23.5. The molecule has 34 heavy (non-hydrogen) atoms. The van der Waals surface area contributed by atoms with E-state index in [-0.39, 0.29) is 30.9 Å². The molecule has 3 aromatic rings. The lowest BCUT2D eigenvalue weighted by atomic mass is 9.84. The van der Waals surface area contributed by atoms with Crippen LogP contribution in [0.5, 0.6) is 5.75 Å². The van der Waals surface area contributed by atoms with E-state index in [0.717, 1.165) is 16.8 Å². The predicted molar refractivity (Wildman–Crippen MR) is 130 cm³/mol. The van der Waals surface area contributed by atoms with E-state index >= 15 is 0 Å². The number of aliphatic carboxylic acids is 1. The van der Waals surface area contributed by atoms with E-state index in [9.17, 15) is 9.18 Å². The van der Waals surface area contributed by atoms with Crippen LogP contribution in [0, 0.1) is 11.7 Å². The Bertz CT molecular complexity index is 1120. The minimum atomic E-state index is -1.09. The van der Waals surface area contributed by atoms with Crippen molar-refractivity contribution < 1.29 is 23.9 Å². The summed E-state index contributed by atoms with van der Waals surface area (Å²) in [5.41, 5.74) is 7.38. The van der Waals surface area contributed by atoms with Gasteiger partial charge in [0, 0.05) is 5.56 Å². The Morgan fingerprint density at radius 3 is 2.38 bits per heavy atom. The SMILES string of the molecule is O=C(O)Cc1cccc(OCCONC(=CC2CCC2)c2ccc(-c3ccccc3)cc2)c1F. The molecule has 0 amide bonds. The summed E-state index contributed by atoms with van der Waals surface area (Å²) in [6.07, 6.45) is 5.39. The number of allylic oxidation sites excluding steroid dienone is 1. The number of rotatable bonds is 11. The lowest BCUT2D eigenvalue weighted by Crippen LogP contribution is -2.20. The van der Waals surface area contributed by atoms with Gasteiger partial charge >= 0.3 is 5.97 Å². The van der Waals surface area contributed by atoms with Gasteiger partial charge in [-0.3, -0.25) is 15.1 Å². The molecule has 2 N–H and O–H groups in total. The van der Waals surface area contributed by atoms with E-state index in [1.807, 2.05) is 18.2 Å². The number of hydroxylamine groups is 1. The van der Waals surface area contributed by atoms with E-state index in [0.29, 0.717) is 5.92 Å². The number of halogens is 1. The Labute approximate surface area is 198 Å². The third-order valence-electron chi connectivity index (χ3n) is 5.87. The fourth-order valence-corrected chi connectivity index (χ4v) is 3.79. The van der Waals surface area contributed by atoms with Crippen LogP contribution in [0.25, 0.3) is 16.8 Å². The molecule has 3 aromatic carbocycles. The van der Waals surface area contributed by atoms with Gasteiger partial charge in [0.25, 0.3) is 0 Å². The maximum Gasteiger partial charge on any atom is 0.307 e. The second-order valence-corrected chi connectivity index (χ2v) is 8.31. The van der Waals surface area contributed by atoms with Crippen LogP contribution in [0.4, 0.5) is 4.39 Å². The highest BCUT2D eigenvalue weighted by atomic mass is 19.1. The van der Waals surface area contributed by atoms with Crippen molar-refractivity contribution in [2.45, 2.75) is 25.7 Å². The summed E-state index contributed by atoms with van der Waals surface area (Å²) in [7, 11) is 0. The number of carbonyl (C=O) groups is 1. The van der Waals surface area contributed by atoms with Crippen molar-refractivity contribution in [3.05, 3.63) is 95.8 Å². The fourth-order valence-electron chi connectivity index (χ4n) is 3.79. The first-order valence-electron chi connectivity index (χ1n) is 11.5. The van der Waals surface area contributed by atoms with Crippen LogP contribution < -0.4 is 10.2 Å². The Balaban J connectivity index is 1.34. The number of hydrogen-bond acceptors (Lipinski definition) is 4. The predicted octanol–water partition coefficient (Wildman–Crippen LogP) is 5.86. The zero-order chi connectivity index (χ0) is 23.8. The fraction of sp³-hybridized carbons (Fsp3) is 0.250. The topological polar surface area (TPSA) is 67.8 Å². The van der Waals surface area contributed by atoms with Gasteiger partial charge in [0.2, 0.25) is 0 Å². The highest BCUT2D eigenvalue weighted by Gasteiger charge is 2.17. The number of carboxylic acids is 1. The smallest absolute Gasteiger partial charge is 0.307 e. The highest BCUT2D eigenvalue weighted by Crippen LogP contribution is 2.30. The molecular weight excluding hydrogens is 433 g/mol. The van der Waals surface area contributed by atoms with Crippen LogP contribution in [0.1, 0.15) is 30.4 Å². The van der Waals surface area contributed by atoms with Gasteiger partial charge in [0.15, 0.2) is 11.6 Å². The minimum absolute atomic E-state index is 0.0177. The molecule has 0 aromatic heterocycles. The summed E-state index contributed by atoms with van der Waals surface area (Å²) >= 11 is 0. The molecule has 0 unspecified atom stereocenters. The van der Waals surface area contributed by atoms with Crippen molar-refractivity contribution in [1.29, 1.82) is 0 Å². The summed E-state index contributed by atoms with van der Waals surface area (Å²) in [6, 6.07) is 23.0. The van der Waals surface area contributed by atoms with Crippen molar-refractivity contribution in [3.63, 3.8) is 0 Å². The molecular formula is C28H28FNO4. The van der Waals surface area contributed by atoms with Gasteiger partial charge in [-0.2, -0.15) is 0 Å². The van der Waals surface area contributed by atoms with Crippen molar-refractivity contribution in [1.82, 2.24) is 5.48 Å². The van der Waals surface area contributed by atoms with Gasteiger partial charge in [0.1, 0.15) is 13.2 Å². The van der Waals surface area contributed by atoms with Gasteiger partial charge in [-0.1, -0.05) is 79.2 Å². The van der Waals surface area contributed by atoms with Crippen molar-refractivity contribution in [2.24, 2.45) is 5.92 Å². The molecule has 0 saturated heterocycles. The molecule has 1 fully saturated rings. The molecule has 1 aliphatic rings. The average molecular weight is 462 g/mol. The summed E-state index contributed by atoms with van der Waals surface area (Å²) < 4.78 is 19.9. The van der Waals surface area contributed by atoms with Crippen LogP contribution in [0.3, 0.4) is 0 Å². The summed E-state index contributed by atoms with van der Waals surface area (Å²) in [5.74, 6) is -1.19. The Morgan fingerprint density at radius 1 is 0.971 bits per heavy atom. The van der Waals surface area contributed by atoms with Crippen LogP contribution in [-0.2, 0) is 16.1 Å². The first-order valence-corrected chi connectivity index (χ1v) is 11.5. The molecule has 5 nitrogen and oxygen atoms in total. The second kappa shape index (κ2) is 11.5. The Kier molecular flexibility index (Phi) is 7.94. The molecule has 0 spiro atoms. The number of nitrogens with one attached hydrogen (secondary N) is 1. The zero-order valence-electron chi connectivity index (χ0n) is 18.9. The molecule has 0 aliphatic heterocycles. The quantitative estimate of drug-likeness (QED) is 0.277. The number of carboxylic acid groups (broad SMARTS) is 1. The lowest BCUT2D eigenvalue weighted by molar-refractivity contribution is -0.136. The highest BCUT2D eigenvalue weighted by molar-refractivity contribution is 5.70. The summed E-state index contributed by atoms with van der Waals surface area (Å²) in [4.78, 5) is 16.5. The minimum Gasteiger partial charge on any atom is -0.488 e. The van der Waals surface area contributed by atoms with E-state index in [1.165, 1.54) is 37.0 Å². The molecule has 6 heteroatoms. The van der Waals surface area contributed by atoms with Gasteiger partial charge in [0.05, 0.1) is 12.1 Å². The Hall–Kier alpha value is -3.64. The normalized spacial score (nSPS) is 13.9. The zero-order valence-corrected chi connectivity index (χ0v) is 18.9.